The zero-order chi connectivity index (χ0) is 20.0. The summed E-state index contributed by atoms with van der Waals surface area (Å²) in [5, 5.41) is 3.94. The Morgan fingerprint density at radius 1 is 1.22 bits per heavy atom. The first-order chi connectivity index (χ1) is 12.8. The van der Waals surface area contributed by atoms with Gasteiger partial charge in [0.2, 0.25) is 15.9 Å². The smallest absolute Gasteiger partial charge is 0.244 e. The standard InChI is InChI=1S/C18H22ClN3O3S2/c1-4-22(5-2)27(24,25)15-8-9-18(20-11-15)26-12-17(23)21-14-7-6-13(3)16(19)10-14/h6-11H,4-5,12H2,1-3H3,(H,21,23). The normalized spacial score (nSPS) is 11.6. The van der Waals surface area contributed by atoms with Crippen molar-refractivity contribution in [1.29, 1.82) is 0 Å². The number of amides is 1. The second-order valence-electron chi connectivity index (χ2n) is 5.72. The summed E-state index contributed by atoms with van der Waals surface area (Å²) >= 11 is 7.28. The van der Waals surface area contributed by atoms with Crippen LogP contribution >= 0.6 is 23.4 Å². The molecule has 0 unspecified atom stereocenters. The van der Waals surface area contributed by atoms with Crippen LogP contribution in [0.3, 0.4) is 0 Å². The van der Waals surface area contributed by atoms with Crippen LogP contribution in [0.15, 0.2) is 46.5 Å². The van der Waals surface area contributed by atoms with Gasteiger partial charge in [-0.15, -0.1) is 0 Å². The highest BCUT2D eigenvalue weighted by molar-refractivity contribution is 7.99. The Balaban J connectivity index is 1.96. The number of hydrogen-bond donors (Lipinski definition) is 1. The minimum atomic E-state index is -3.53. The van der Waals surface area contributed by atoms with E-state index in [-0.39, 0.29) is 16.6 Å². The van der Waals surface area contributed by atoms with Crippen molar-refractivity contribution in [2.24, 2.45) is 0 Å². The molecule has 0 spiro atoms. The first kappa shape index (κ1) is 21.7. The summed E-state index contributed by atoms with van der Waals surface area (Å²) in [4.78, 5) is 16.4. The van der Waals surface area contributed by atoms with Crippen molar-refractivity contribution in [1.82, 2.24) is 9.29 Å². The quantitative estimate of drug-likeness (QED) is 0.648. The third kappa shape index (κ3) is 5.68. The van der Waals surface area contributed by atoms with E-state index in [1.165, 1.54) is 28.3 Å². The SMILES string of the molecule is CCN(CC)S(=O)(=O)c1ccc(SCC(=O)Nc2ccc(C)c(Cl)c2)nc1. The number of nitrogens with one attached hydrogen (secondary N) is 1. The van der Waals surface area contributed by atoms with Gasteiger partial charge in [0.15, 0.2) is 0 Å². The van der Waals surface area contributed by atoms with E-state index in [0.717, 1.165) is 5.56 Å². The summed E-state index contributed by atoms with van der Waals surface area (Å²) in [5.74, 6) is -0.0396. The minimum Gasteiger partial charge on any atom is -0.325 e. The van der Waals surface area contributed by atoms with Crippen molar-refractivity contribution < 1.29 is 13.2 Å². The van der Waals surface area contributed by atoms with E-state index in [0.29, 0.717) is 28.8 Å². The minimum absolute atomic E-state index is 0.147. The Bertz CT molecular complexity index is 899. The first-order valence-corrected chi connectivity index (χ1v) is 11.2. The molecular formula is C18H22ClN3O3S2. The lowest BCUT2D eigenvalue weighted by Crippen LogP contribution is -2.30. The van der Waals surface area contributed by atoms with Crippen molar-refractivity contribution in [2.45, 2.75) is 30.7 Å². The fourth-order valence-corrected chi connectivity index (χ4v) is 4.55. The maximum absolute atomic E-state index is 12.4. The van der Waals surface area contributed by atoms with Gasteiger partial charge in [-0.25, -0.2) is 13.4 Å². The Morgan fingerprint density at radius 3 is 2.48 bits per heavy atom. The van der Waals surface area contributed by atoms with E-state index in [9.17, 15) is 13.2 Å². The van der Waals surface area contributed by atoms with Crippen molar-refractivity contribution in [3.63, 3.8) is 0 Å². The molecule has 0 saturated carbocycles. The summed E-state index contributed by atoms with van der Waals surface area (Å²) in [6, 6.07) is 8.44. The van der Waals surface area contributed by atoms with Crippen LogP contribution in [0.4, 0.5) is 5.69 Å². The lowest BCUT2D eigenvalue weighted by atomic mass is 10.2. The largest absolute Gasteiger partial charge is 0.325 e. The number of nitrogens with zero attached hydrogens (tertiary/aromatic N) is 2. The Kier molecular flexibility index (Phi) is 7.67. The van der Waals surface area contributed by atoms with Crippen LogP contribution in [-0.2, 0) is 14.8 Å². The number of pyridine rings is 1. The molecule has 1 aromatic heterocycles. The van der Waals surface area contributed by atoms with E-state index in [1.54, 1.807) is 32.0 Å². The number of halogens is 1. The second-order valence-corrected chi connectivity index (χ2v) is 9.06. The highest BCUT2D eigenvalue weighted by atomic mass is 35.5. The van der Waals surface area contributed by atoms with E-state index in [2.05, 4.69) is 10.3 Å². The molecule has 0 bridgehead atoms. The number of anilines is 1. The molecule has 146 valence electrons. The molecule has 9 heteroatoms. The number of thioether (sulfide) groups is 1. The predicted octanol–water partition coefficient (Wildman–Crippen LogP) is 3.80. The zero-order valence-corrected chi connectivity index (χ0v) is 17.8. The van der Waals surface area contributed by atoms with Crippen LogP contribution < -0.4 is 5.32 Å². The van der Waals surface area contributed by atoms with Gasteiger partial charge in [-0.2, -0.15) is 4.31 Å². The number of sulfonamides is 1. The average molecular weight is 428 g/mol. The van der Waals surface area contributed by atoms with Crippen molar-refractivity contribution in [3.8, 4) is 0 Å². The molecule has 0 aliphatic heterocycles. The highest BCUT2D eigenvalue weighted by Gasteiger charge is 2.21. The first-order valence-electron chi connectivity index (χ1n) is 8.43. The second kappa shape index (κ2) is 9.54. The molecule has 0 aliphatic rings. The molecule has 1 amide bonds. The van der Waals surface area contributed by atoms with Crippen molar-refractivity contribution in [2.75, 3.05) is 24.2 Å². The van der Waals surface area contributed by atoms with Gasteiger partial charge in [-0.3, -0.25) is 4.79 Å². The van der Waals surface area contributed by atoms with E-state index in [4.69, 9.17) is 11.6 Å². The van der Waals surface area contributed by atoms with Gasteiger partial charge in [0.05, 0.1) is 10.8 Å². The van der Waals surface area contributed by atoms with Gasteiger partial charge in [0.1, 0.15) is 4.90 Å². The number of rotatable bonds is 8. The van der Waals surface area contributed by atoms with Crippen LogP contribution in [-0.4, -0.2) is 42.5 Å². The lowest BCUT2D eigenvalue weighted by molar-refractivity contribution is -0.113. The summed E-state index contributed by atoms with van der Waals surface area (Å²) in [5.41, 5.74) is 1.57. The van der Waals surface area contributed by atoms with Gasteiger partial charge in [0, 0.05) is 30.0 Å². The monoisotopic (exact) mass is 427 g/mol. The van der Waals surface area contributed by atoms with Crippen LogP contribution in [0.2, 0.25) is 5.02 Å². The molecule has 1 N–H and O–H groups in total. The number of carbonyl (C=O) groups excluding carboxylic acids is 1. The lowest BCUT2D eigenvalue weighted by Gasteiger charge is -2.18. The van der Waals surface area contributed by atoms with Gasteiger partial charge < -0.3 is 5.32 Å². The third-order valence-corrected chi connectivity index (χ3v) is 7.24. The maximum atomic E-state index is 12.4. The summed E-state index contributed by atoms with van der Waals surface area (Å²) in [7, 11) is -3.53. The maximum Gasteiger partial charge on any atom is 0.244 e. The van der Waals surface area contributed by atoms with E-state index >= 15 is 0 Å². The fraction of sp³-hybridized carbons (Fsp3) is 0.333. The Hall–Kier alpha value is -1.61. The molecule has 1 heterocycles. The molecular weight excluding hydrogens is 406 g/mol. The van der Waals surface area contributed by atoms with Crippen LogP contribution in [0, 0.1) is 6.92 Å². The zero-order valence-electron chi connectivity index (χ0n) is 15.4. The number of carbonyl (C=O) groups is 1. The average Bonchev–Trinajstić information content (AvgIpc) is 2.64. The van der Waals surface area contributed by atoms with Crippen LogP contribution in [0.5, 0.6) is 0 Å². The number of aryl methyl sites for hydroxylation is 1. The number of benzene rings is 1. The summed E-state index contributed by atoms with van der Waals surface area (Å²) in [6.45, 7) is 6.27. The van der Waals surface area contributed by atoms with E-state index in [1.807, 2.05) is 13.0 Å². The molecule has 0 fully saturated rings. The Labute approximate surface area is 169 Å². The topological polar surface area (TPSA) is 79.4 Å². The Morgan fingerprint density at radius 2 is 1.93 bits per heavy atom. The van der Waals surface area contributed by atoms with Gasteiger partial charge in [0.25, 0.3) is 0 Å². The summed E-state index contributed by atoms with van der Waals surface area (Å²) < 4.78 is 26.2. The van der Waals surface area contributed by atoms with Gasteiger partial charge in [-0.1, -0.05) is 43.3 Å². The molecule has 2 rings (SSSR count). The van der Waals surface area contributed by atoms with Crippen LogP contribution in [0.1, 0.15) is 19.4 Å². The van der Waals surface area contributed by atoms with Crippen molar-refractivity contribution >= 4 is 45.0 Å². The third-order valence-electron chi connectivity index (χ3n) is 3.86. The van der Waals surface area contributed by atoms with Gasteiger partial charge >= 0.3 is 0 Å². The fourth-order valence-electron chi connectivity index (χ4n) is 2.32. The molecule has 1 aromatic carbocycles. The highest BCUT2D eigenvalue weighted by Crippen LogP contribution is 2.22. The molecule has 2 aromatic rings. The number of hydrogen-bond acceptors (Lipinski definition) is 5. The number of aromatic nitrogens is 1. The summed E-state index contributed by atoms with van der Waals surface area (Å²) in [6.07, 6.45) is 1.33. The molecule has 27 heavy (non-hydrogen) atoms. The molecule has 0 atom stereocenters. The molecule has 6 nitrogen and oxygen atoms in total. The van der Waals surface area contributed by atoms with E-state index < -0.39 is 10.0 Å². The molecule has 0 radical (unpaired) electrons. The van der Waals surface area contributed by atoms with Crippen LogP contribution in [0.25, 0.3) is 0 Å². The molecule has 0 saturated heterocycles. The predicted molar refractivity (Wildman–Crippen MR) is 110 cm³/mol. The molecule has 0 aliphatic carbocycles. The van der Waals surface area contributed by atoms with Crippen molar-refractivity contribution in [3.05, 3.63) is 47.1 Å². The van der Waals surface area contributed by atoms with Gasteiger partial charge in [-0.05, 0) is 36.8 Å².